The van der Waals surface area contributed by atoms with Gasteiger partial charge in [-0.2, -0.15) is 10.5 Å². The predicted molar refractivity (Wildman–Crippen MR) is 72.9 cm³/mol. The van der Waals surface area contributed by atoms with Crippen LogP contribution in [-0.2, 0) is 0 Å². The van der Waals surface area contributed by atoms with E-state index in [0.717, 1.165) is 25.1 Å². The molecule has 0 bridgehead atoms. The molecule has 1 heterocycles. The molecule has 0 radical (unpaired) electrons. The molecular formula is C14H19N5. The zero-order valence-electron chi connectivity index (χ0n) is 11.2. The molecule has 0 saturated heterocycles. The van der Waals surface area contributed by atoms with Gasteiger partial charge in [0.1, 0.15) is 23.7 Å². The summed E-state index contributed by atoms with van der Waals surface area (Å²) in [5.74, 6) is 0.810. The second kappa shape index (κ2) is 6.24. The summed E-state index contributed by atoms with van der Waals surface area (Å²) in [6.07, 6.45) is 6.84. The van der Waals surface area contributed by atoms with Gasteiger partial charge in [-0.1, -0.05) is 26.2 Å². The molecule has 0 amide bonds. The minimum atomic E-state index is 0.00803. The molecule has 5 nitrogen and oxygen atoms in total. The van der Waals surface area contributed by atoms with Crippen LogP contribution in [0, 0.1) is 22.7 Å². The lowest BCUT2D eigenvalue weighted by molar-refractivity contribution is 0.440. The summed E-state index contributed by atoms with van der Waals surface area (Å²) in [5, 5.41) is 24.2. The van der Waals surface area contributed by atoms with Crippen LogP contribution in [0.25, 0.3) is 0 Å². The lowest BCUT2D eigenvalue weighted by Gasteiger charge is -2.28. The Balaban J connectivity index is 2.20. The highest BCUT2D eigenvalue weighted by atomic mass is 15.1. The van der Waals surface area contributed by atoms with Crippen LogP contribution in [-0.4, -0.2) is 17.9 Å². The van der Waals surface area contributed by atoms with E-state index in [1.54, 1.807) is 0 Å². The second-order valence-electron chi connectivity index (χ2n) is 5.01. The fourth-order valence-corrected chi connectivity index (χ4v) is 2.59. The number of hydrogen-bond acceptors (Lipinski definition) is 4. The normalized spacial score (nSPS) is 26.3. The van der Waals surface area contributed by atoms with Gasteiger partial charge in [0.25, 0.3) is 0 Å². The van der Waals surface area contributed by atoms with Gasteiger partial charge in [0.05, 0.1) is 12.1 Å². The van der Waals surface area contributed by atoms with E-state index in [0.29, 0.717) is 11.7 Å². The highest BCUT2D eigenvalue weighted by Gasteiger charge is 2.25. The molecule has 1 atom stereocenters. The molecule has 5 heteroatoms. The smallest absolute Gasteiger partial charge is 0.153 e. The van der Waals surface area contributed by atoms with E-state index in [9.17, 15) is 0 Å². The van der Waals surface area contributed by atoms with Gasteiger partial charge < -0.3 is 10.6 Å². The van der Waals surface area contributed by atoms with Gasteiger partial charge in [-0.3, -0.25) is 4.99 Å². The van der Waals surface area contributed by atoms with E-state index in [1.165, 1.54) is 19.3 Å². The Morgan fingerprint density at radius 2 is 1.84 bits per heavy atom. The lowest BCUT2D eigenvalue weighted by atomic mass is 9.96. The molecule has 1 aliphatic carbocycles. The maximum atomic E-state index is 9.06. The number of nitrogens with zero attached hydrogens (tertiary/aromatic N) is 3. The van der Waals surface area contributed by atoms with Crippen molar-refractivity contribution in [3.63, 3.8) is 0 Å². The molecule has 1 saturated carbocycles. The summed E-state index contributed by atoms with van der Waals surface area (Å²) in [6.45, 7) is 2.04. The molecule has 1 unspecified atom stereocenters. The Morgan fingerprint density at radius 1 is 1.16 bits per heavy atom. The Morgan fingerprint density at radius 3 is 2.42 bits per heavy atom. The number of allylic oxidation sites excluding steroid dienone is 2. The van der Waals surface area contributed by atoms with Gasteiger partial charge in [0.15, 0.2) is 5.70 Å². The van der Waals surface area contributed by atoms with Crippen molar-refractivity contribution in [3.8, 4) is 12.1 Å². The van der Waals surface area contributed by atoms with Crippen molar-refractivity contribution in [2.45, 2.75) is 57.5 Å². The maximum absolute atomic E-state index is 9.06. The topological polar surface area (TPSA) is 84.0 Å². The van der Waals surface area contributed by atoms with E-state index >= 15 is 0 Å². The van der Waals surface area contributed by atoms with Crippen molar-refractivity contribution >= 4 is 5.84 Å². The van der Waals surface area contributed by atoms with E-state index in [-0.39, 0.29) is 11.7 Å². The molecule has 1 aliphatic heterocycles. The number of nitrogens with one attached hydrogen (secondary N) is 2. The van der Waals surface area contributed by atoms with Gasteiger partial charge in [-0.05, 0) is 19.3 Å². The molecule has 1 fully saturated rings. The molecule has 100 valence electrons. The predicted octanol–water partition coefficient (Wildman–Crippen LogP) is 1.95. The van der Waals surface area contributed by atoms with Crippen LogP contribution in [0.15, 0.2) is 16.4 Å². The monoisotopic (exact) mass is 257 g/mol. The summed E-state index contributed by atoms with van der Waals surface area (Å²) < 4.78 is 0. The number of aliphatic imine (C=N–C) groups is 1. The van der Waals surface area contributed by atoms with Crippen LogP contribution in [0.5, 0.6) is 0 Å². The van der Waals surface area contributed by atoms with Gasteiger partial charge in [-0.15, -0.1) is 0 Å². The van der Waals surface area contributed by atoms with Crippen molar-refractivity contribution in [1.29, 1.82) is 10.5 Å². The van der Waals surface area contributed by atoms with Crippen LogP contribution in [0.2, 0.25) is 0 Å². The first kappa shape index (κ1) is 13.4. The van der Waals surface area contributed by atoms with Crippen LogP contribution in [0.4, 0.5) is 0 Å². The quantitative estimate of drug-likeness (QED) is 0.792. The SMILES string of the molecule is CCC1NC(C#N)=C(C#N)NC1=NC1CCCCC1. The number of nitriles is 2. The third-order valence-corrected chi connectivity index (χ3v) is 3.68. The maximum Gasteiger partial charge on any atom is 0.153 e. The first-order valence-electron chi connectivity index (χ1n) is 6.94. The minimum absolute atomic E-state index is 0.00803. The molecular weight excluding hydrogens is 238 g/mol. The average Bonchev–Trinajstić information content (AvgIpc) is 2.47. The van der Waals surface area contributed by atoms with Crippen molar-refractivity contribution in [3.05, 3.63) is 11.4 Å². The fraction of sp³-hybridized carbons (Fsp3) is 0.643. The average molecular weight is 257 g/mol. The van der Waals surface area contributed by atoms with Crippen molar-refractivity contribution in [2.75, 3.05) is 0 Å². The molecule has 0 aromatic rings. The number of amidine groups is 1. The summed E-state index contributed by atoms with van der Waals surface area (Å²) in [6, 6.07) is 4.41. The highest BCUT2D eigenvalue weighted by Crippen LogP contribution is 2.21. The van der Waals surface area contributed by atoms with E-state index in [4.69, 9.17) is 15.5 Å². The Kier molecular flexibility index (Phi) is 4.41. The number of rotatable bonds is 2. The summed E-state index contributed by atoms with van der Waals surface area (Å²) in [7, 11) is 0. The fourth-order valence-electron chi connectivity index (χ4n) is 2.59. The summed E-state index contributed by atoms with van der Waals surface area (Å²) in [4.78, 5) is 4.76. The summed E-state index contributed by atoms with van der Waals surface area (Å²) >= 11 is 0. The Labute approximate surface area is 114 Å². The van der Waals surface area contributed by atoms with Crippen molar-refractivity contribution in [2.24, 2.45) is 4.99 Å². The van der Waals surface area contributed by atoms with Gasteiger partial charge in [0, 0.05) is 0 Å². The Hall–Kier alpha value is -2.01. The zero-order valence-corrected chi connectivity index (χ0v) is 11.2. The Bertz CT molecular complexity index is 471. The van der Waals surface area contributed by atoms with Gasteiger partial charge >= 0.3 is 0 Å². The molecule has 2 aliphatic rings. The van der Waals surface area contributed by atoms with Crippen LogP contribution in [0.3, 0.4) is 0 Å². The molecule has 19 heavy (non-hydrogen) atoms. The lowest BCUT2D eigenvalue weighted by Crippen LogP contribution is -2.49. The van der Waals surface area contributed by atoms with Crippen molar-refractivity contribution in [1.82, 2.24) is 10.6 Å². The van der Waals surface area contributed by atoms with Gasteiger partial charge in [-0.25, -0.2) is 0 Å². The minimum Gasteiger partial charge on any atom is -0.364 e. The molecule has 0 aromatic heterocycles. The van der Waals surface area contributed by atoms with E-state index in [2.05, 4.69) is 10.6 Å². The van der Waals surface area contributed by atoms with Crippen LogP contribution < -0.4 is 10.6 Å². The largest absolute Gasteiger partial charge is 0.364 e. The second-order valence-corrected chi connectivity index (χ2v) is 5.01. The number of hydrogen-bond donors (Lipinski definition) is 2. The van der Waals surface area contributed by atoms with Crippen molar-refractivity contribution < 1.29 is 0 Å². The van der Waals surface area contributed by atoms with Gasteiger partial charge in [0.2, 0.25) is 0 Å². The third-order valence-electron chi connectivity index (χ3n) is 3.68. The highest BCUT2D eigenvalue weighted by molar-refractivity contribution is 5.91. The summed E-state index contributed by atoms with van der Waals surface area (Å²) in [5.41, 5.74) is 0.596. The molecule has 0 aromatic carbocycles. The van der Waals surface area contributed by atoms with Crippen LogP contribution in [0.1, 0.15) is 45.4 Å². The first-order chi connectivity index (χ1) is 9.28. The van der Waals surface area contributed by atoms with E-state index < -0.39 is 0 Å². The van der Waals surface area contributed by atoms with E-state index in [1.807, 2.05) is 19.1 Å². The first-order valence-corrected chi connectivity index (χ1v) is 6.94. The standard InChI is InChI=1S/C14H19N5/c1-2-11-14(17-10-6-4-3-5-7-10)19-13(9-16)12(8-15)18-11/h10-11,18H,2-7H2,1H3,(H,17,19). The molecule has 0 spiro atoms. The third kappa shape index (κ3) is 3.06. The zero-order chi connectivity index (χ0) is 13.7. The van der Waals surface area contributed by atoms with Crippen LogP contribution >= 0.6 is 0 Å². The molecule has 2 rings (SSSR count). The molecule has 2 N–H and O–H groups in total.